The van der Waals surface area contributed by atoms with Crippen molar-refractivity contribution in [1.29, 1.82) is 5.26 Å². The molecule has 0 spiro atoms. The van der Waals surface area contributed by atoms with E-state index in [1.54, 1.807) is 30.3 Å². The zero-order chi connectivity index (χ0) is 25.9. The number of ether oxygens (including phenoxy) is 3. The third-order valence-corrected chi connectivity index (χ3v) is 6.08. The van der Waals surface area contributed by atoms with Gasteiger partial charge in [0.1, 0.15) is 28.9 Å². The number of allylic oxidation sites excluding steroid dienone is 1. The normalized spacial score (nSPS) is 14.9. The zero-order valence-electron chi connectivity index (χ0n) is 21.0. The molecule has 2 N–H and O–H groups in total. The lowest BCUT2D eigenvalue weighted by Crippen LogP contribution is -2.21. The highest BCUT2D eigenvalue weighted by molar-refractivity contribution is 5.91. The summed E-state index contributed by atoms with van der Waals surface area (Å²) in [5.41, 5.74) is 9.59. The molecule has 6 nitrogen and oxygen atoms in total. The predicted octanol–water partition coefficient (Wildman–Crippen LogP) is 6.21. The summed E-state index contributed by atoms with van der Waals surface area (Å²) in [6, 6.07) is 22.3. The van der Waals surface area contributed by atoms with E-state index in [4.69, 9.17) is 19.9 Å². The lowest BCUT2D eigenvalue weighted by atomic mass is 9.83. The minimum Gasteiger partial charge on any atom is -0.493 e. The summed E-state index contributed by atoms with van der Waals surface area (Å²) in [4.78, 5) is 12.8. The zero-order valence-corrected chi connectivity index (χ0v) is 21.0. The third-order valence-electron chi connectivity index (χ3n) is 6.08. The maximum Gasteiger partial charge on any atom is 0.343 e. The summed E-state index contributed by atoms with van der Waals surface area (Å²) in [7, 11) is 0. The Morgan fingerprint density at radius 1 is 1.06 bits per heavy atom. The standard InChI is InChI=1S/C30H30N2O4/c1-5-16-34-25-9-7-6-8-22(25)27-23-15-14-21(17-26(23)36-28(32)24(27)18-31)35-29(33)19-10-12-20(13-11-19)30(2,3)4/h6-15,17,27H,5,16,32H2,1-4H3. The van der Waals surface area contributed by atoms with Crippen LogP contribution < -0.4 is 19.9 Å². The number of rotatable bonds is 6. The molecule has 6 heteroatoms. The molecule has 1 aliphatic heterocycles. The first-order valence-electron chi connectivity index (χ1n) is 12.0. The molecule has 1 unspecified atom stereocenters. The summed E-state index contributed by atoms with van der Waals surface area (Å²) >= 11 is 0. The molecule has 4 rings (SSSR count). The highest BCUT2D eigenvalue weighted by Crippen LogP contribution is 2.46. The first-order valence-corrected chi connectivity index (χ1v) is 12.0. The van der Waals surface area contributed by atoms with Gasteiger partial charge >= 0.3 is 5.97 Å². The first kappa shape index (κ1) is 24.9. The molecule has 0 radical (unpaired) electrons. The number of fused-ring (bicyclic) bond motifs is 1. The van der Waals surface area contributed by atoms with Crippen LogP contribution in [-0.2, 0) is 5.41 Å². The molecule has 0 aliphatic carbocycles. The van der Waals surface area contributed by atoms with E-state index < -0.39 is 11.9 Å². The average Bonchev–Trinajstić information content (AvgIpc) is 2.86. The highest BCUT2D eigenvalue weighted by atomic mass is 16.5. The van der Waals surface area contributed by atoms with Crippen molar-refractivity contribution in [2.75, 3.05) is 6.61 Å². The van der Waals surface area contributed by atoms with Crippen LogP contribution in [0.5, 0.6) is 17.2 Å². The highest BCUT2D eigenvalue weighted by Gasteiger charge is 2.33. The second-order valence-electron chi connectivity index (χ2n) is 9.73. The van der Waals surface area contributed by atoms with Crippen molar-refractivity contribution < 1.29 is 19.0 Å². The Morgan fingerprint density at radius 2 is 1.78 bits per heavy atom. The van der Waals surface area contributed by atoms with Crippen LogP contribution >= 0.6 is 0 Å². The second-order valence-corrected chi connectivity index (χ2v) is 9.73. The van der Waals surface area contributed by atoms with Gasteiger partial charge < -0.3 is 19.9 Å². The molecular weight excluding hydrogens is 452 g/mol. The van der Waals surface area contributed by atoms with Crippen molar-refractivity contribution in [2.45, 2.75) is 45.4 Å². The van der Waals surface area contributed by atoms with Crippen molar-refractivity contribution in [3.63, 3.8) is 0 Å². The smallest absolute Gasteiger partial charge is 0.343 e. The van der Waals surface area contributed by atoms with Crippen LogP contribution in [0.15, 0.2) is 78.2 Å². The molecule has 0 saturated carbocycles. The van der Waals surface area contributed by atoms with Crippen LogP contribution in [0.3, 0.4) is 0 Å². The molecule has 3 aromatic rings. The molecule has 0 bridgehead atoms. The van der Waals surface area contributed by atoms with E-state index in [0.29, 0.717) is 35.0 Å². The van der Waals surface area contributed by atoms with Gasteiger partial charge in [0.2, 0.25) is 5.88 Å². The van der Waals surface area contributed by atoms with Gasteiger partial charge in [-0.15, -0.1) is 0 Å². The minimum absolute atomic E-state index is 0.00919. The van der Waals surface area contributed by atoms with Crippen molar-refractivity contribution in [2.24, 2.45) is 5.73 Å². The number of hydrogen-bond acceptors (Lipinski definition) is 6. The van der Waals surface area contributed by atoms with Crippen LogP contribution in [0, 0.1) is 11.3 Å². The van der Waals surface area contributed by atoms with Gasteiger partial charge in [0.25, 0.3) is 0 Å². The van der Waals surface area contributed by atoms with E-state index in [0.717, 1.165) is 23.1 Å². The third kappa shape index (κ3) is 5.06. The Balaban J connectivity index is 1.65. The Bertz CT molecular complexity index is 1340. The average molecular weight is 483 g/mol. The van der Waals surface area contributed by atoms with E-state index in [2.05, 4.69) is 26.8 Å². The fourth-order valence-corrected chi connectivity index (χ4v) is 4.15. The minimum atomic E-state index is -0.471. The monoisotopic (exact) mass is 482 g/mol. The number of carbonyl (C=O) groups is 1. The summed E-state index contributed by atoms with van der Waals surface area (Å²) < 4.78 is 17.4. The largest absolute Gasteiger partial charge is 0.493 e. The Labute approximate surface area is 211 Å². The summed E-state index contributed by atoms with van der Waals surface area (Å²) in [6.45, 7) is 8.94. The number of nitriles is 1. The van der Waals surface area contributed by atoms with Crippen molar-refractivity contribution in [3.05, 3.63) is 100 Å². The van der Waals surface area contributed by atoms with Crippen LogP contribution in [0.25, 0.3) is 0 Å². The Morgan fingerprint density at radius 3 is 2.44 bits per heavy atom. The molecule has 1 atom stereocenters. The number of nitrogens with zero attached hydrogens (tertiary/aromatic N) is 1. The first-order chi connectivity index (χ1) is 17.2. The van der Waals surface area contributed by atoms with Gasteiger partial charge in [-0.1, -0.05) is 64.1 Å². The number of hydrogen-bond donors (Lipinski definition) is 1. The SMILES string of the molecule is CCCOc1ccccc1C1C(C#N)=C(N)Oc2cc(OC(=O)c3ccc(C(C)(C)C)cc3)ccc21. The summed E-state index contributed by atoms with van der Waals surface area (Å²) in [6.07, 6.45) is 0.857. The van der Waals surface area contributed by atoms with Gasteiger partial charge in [-0.05, 0) is 41.7 Å². The second kappa shape index (κ2) is 10.2. The maximum absolute atomic E-state index is 12.8. The maximum atomic E-state index is 12.8. The molecular formula is C30H30N2O4. The van der Waals surface area contributed by atoms with Crippen molar-refractivity contribution >= 4 is 5.97 Å². The predicted molar refractivity (Wildman–Crippen MR) is 138 cm³/mol. The molecule has 3 aromatic carbocycles. The van der Waals surface area contributed by atoms with E-state index >= 15 is 0 Å². The molecule has 184 valence electrons. The lowest BCUT2D eigenvalue weighted by molar-refractivity contribution is 0.0734. The van der Waals surface area contributed by atoms with Gasteiger partial charge in [0, 0.05) is 17.2 Å². The molecule has 0 fully saturated rings. The van der Waals surface area contributed by atoms with E-state index in [9.17, 15) is 10.1 Å². The van der Waals surface area contributed by atoms with Crippen LogP contribution in [0.4, 0.5) is 0 Å². The molecule has 1 heterocycles. The van der Waals surface area contributed by atoms with Gasteiger partial charge in [-0.3, -0.25) is 0 Å². The number of para-hydroxylation sites is 1. The number of esters is 1. The van der Waals surface area contributed by atoms with Crippen molar-refractivity contribution in [3.8, 4) is 23.3 Å². The van der Waals surface area contributed by atoms with E-state index in [-0.39, 0.29) is 11.3 Å². The number of carbonyl (C=O) groups excluding carboxylic acids is 1. The van der Waals surface area contributed by atoms with Crippen molar-refractivity contribution in [1.82, 2.24) is 0 Å². The van der Waals surface area contributed by atoms with E-state index in [1.165, 1.54) is 0 Å². The molecule has 0 saturated heterocycles. The molecule has 0 aromatic heterocycles. The van der Waals surface area contributed by atoms with Crippen LogP contribution in [0.1, 0.15) is 67.1 Å². The quantitative estimate of drug-likeness (QED) is 0.332. The fraction of sp³-hybridized carbons (Fsp3) is 0.267. The molecule has 0 amide bonds. The van der Waals surface area contributed by atoms with Crippen LogP contribution in [-0.4, -0.2) is 12.6 Å². The Kier molecular flexibility index (Phi) is 7.03. The summed E-state index contributed by atoms with van der Waals surface area (Å²) in [5, 5.41) is 9.88. The van der Waals surface area contributed by atoms with Crippen LogP contribution in [0.2, 0.25) is 0 Å². The van der Waals surface area contributed by atoms with E-state index in [1.807, 2.05) is 43.3 Å². The van der Waals surface area contributed by atoms with Gasteiger partial charge in [-0.2, -0.15) is 5.26 Å². The Hall–Kier alpha value is -4.24. The topological polar surface area (TPSA) is 94.6 Å². The number of benzene rings is 3. The number of nitrogens with two attached hydrogens (primary N) is 1. The van der Waals surface area contributed by atoms with Gasteiger partial charge in [0.15, 0.2) is 0 Å². The lowest BCUT2D eigenvalue weighted by Gasteiger charge is -2.28. The summed E-state index contributed by atoms with van der Waals surface area (Å²) in [5.74, 6) is 0.508. The fourth-order valence-electron chi connectivity index (χ4n) is 4.15. The molecule has 36 heavy (non-hydrogen) atoms. The molecule has 1 aliphatic rings. The van der Waals surface area contributed by atoms with Gasteiger partial charge in [-0.25, -0.2) is 4.79 Å². The van der Waals surface area contributed by atoms with Gasteiger partial charge in [0.05, 0.1) is 18.1 Å².